The Hall–Kier alpha value is -0.900. The summed E-state index contributed by atoms with van der Waals surface area (Å²) in [6, 6.07) is 1.71. The minimum atomic E-state index is -0.887. The van der Waals surface area contributed by atoms with Crippen molar-refractivity contribution in [3.63, 3.8) is 0 Å². The van der Waals surface area contributed by atoms with Crippen LogP contribution in [0.25, 0.3) is 0 Å². The molecule has 0 aliphatic carbocycles. The number of carboxylic acids is 1. The van der Waals surface area contributed by atoms with Crippen LogP contribution < -0.4 is 0 Å². The molecule has 1 aromatic heterocycles. The topological polar surface area (TPSA) is 50.2 Å². The van der Waals surface area contributed by atoms with Crippen LogP contribution >= 0.6 is 15.9 Å². The van der Waals surface area contributed by atoms with E-state index in [1.807, 2.05) is 0 Å². The standard InChI is InChI=1S/C9H10BrNO2/c1-9(2,8(12)13)6-3-4-11-5-7(6)10/h3-5H,1-2H3,(H,12,13). The maximum Gasteiger partial charge on any atom is 0.313 e. The smallest absolute Gasteiger partial charge is 0.313 e. The molecule has 0 aliphatic rings. The highest BCUT2D eigenvalue weighted by atomic mass is 79.9. The third kappa shape index (κ3) is 1.88. The molecule has 3 nitrogen and oxygen atoms in total. The minimum absolute atomic E-state index is 0.724. The summed E-state index contributed by atoms with van der Waals surface area (Å²) in [6.07, 6.45) is 3.19. The van der Waals surface area contributed by atoms with Crippen LogP contribution in [0.5, 0.6) is 0 Å². The van der Waals surface area contributed by atoms with E-state index in [1.165, 1.54) is 0 Å². The van der Waals surface area contributed by atoms with Gasteiger partial charge in [0.25, 0.3) is 0 Å². The van der Waals surface area contributed by atoms with Gasteiger partial charge in [-0.1, -0.05) is 0 Å². The Balaban J connectivity index is 3.22. The number of aromatic nitrogens is 1. The fraction of sp³-hybridized carbons (Fsp3) is 0.333. The quantitative estimate of drug-likeness (QED) is 0.867. The van der Waals surface area contributed by atoms with Gasteiger partial charge >= 0.3 is 5.97 Å². The van der Waals surface area contributed by atoms with Crippen molar-refractivity contribution in [3.05, 3.63) is 28.5 Å². The molecule has 0 spiro atoms. The first-order chi connectivity index (χ1) is 5.96. The second-order valence-corrected chi connectivity index (χ2v) is 4.14. The maximum atomic E-state index is 10.9. The van der Waals surface area contributed by atoms with Crippen molar-refractivity contribution in [2.45, 2.75) is 19.3 Å². The van der Waals surface area contributed by atoms with Gasteiger partial charge in [-0.3, -0.25) is 9.78 Å². The van der Waals surface area contributed by atoms with Gasteiger partial charge in [0.2, 0.25) is 0 Å². The first-order valence-corrected chi connectivity index (χ1v) is 4.59. The second-order valence-electron chi connectivity index (χ2n) is 3.29. The summed E-state index contributed by atoms with van der Waals surface area (Å²) in [5.74, 6) is -0.848. The van der Waals surface area contributed by atoms with Crippen LogP contribution in [0, 0.1) is 0 Å². The average Bonchev–Trinajstić information content (AvgIpc) is 2.04. The lowest BCUT2D eigenvalue weighted by Crippen LogP contribution is -2.28. The lowest BCUT2D eigenvalue weighted by atomic mass is 9.85. The molecule has 0 amide bonds. The normalized spacial score (nSPS) is 11.3. The number of hydrogen-bond donors (Lipinski definition) is 1. The van der Waals surface area contributed by atoms with Crippen molar-refractivity contribution in [1.29, 1.82) is 0 Å². The molecule has 13 heavy (non-hydrogen) atoms. The lowest BCUT2D eigenvalue weighted by Gasteiger charge is -2.20. The van der Waals surface area contributed by atoms with Crippen molar-refractivity contribution in [1.82, 2.24) is 4.98 Å². The molecule has 0 atom stereocenters. The van der Waals surface area contributed by atoms with Crippen LogP contribution in [0.15, 0.2) is 22.9 Å². The predicted molar refractivity (Wildman–Crippen MR) is 52.6 cm³/mol. The second kappa shape index (κ2) is 3.46. The molecule has 70 valence electrons. The van der Waals surface area contributed by atoms with E-state index in [0.717, 1.165) is 10.0 Å². The molecule has 0 saturated heterocycles. The molecule has 1 N–H and O–H groups in total. The first kappa shape index (κ1) is 10.2. The van der Waals surface area contributed by atoms with Crippen molar-refractivity contribution in [2.75, 3.05) is 0 Å². The van der Waals surface area contributed by atoms with Crippen LogP contribution in [0.4, 0.5) is 0 Å². The van der Waals surface area contributed by atoms with Gasteiger partial charge in [-0.25, -0.2) is 0 Å². The zero-order valence-corrected chi connectivity index (χ0v) is 9.00. The van der Waals surface area contributed by atoms with Crippen LogP contribution in [0.2, 0.25) is 0 Å². The van der Waals surface area contributed by atoms with Crippen LogP contribution in [0.1, 0.15) is 19.4 Å². The van der Waals surface area contributed by atoms with Gasteiger partial charge in [0.1, 0.15) is 0 Å². The summed E-state index contributed by atoms with van der Waals surface area (Å²) in [7, 11) is 0. The molecule has 0 fully saturated rings. The van der Waals surface area contributed by atoms with Crippen molar-refractivity contribution in [2.24, 2.45) is 0 Å². The molecule has 0 saturated carbocycles. The number of halogens is 1. The highest BCUT2D eigenvalue weighted by Gasteiger charge is 2.31. The van der Waals surface area contributed by atoms with Gasteiger partial charge in [-0.05, 0) is 41.4 Å². The third-order valence-electron chi connectivity index (χ3n) is 1.98. The highest BCUT2D eigenvalue weighted by Crippen LogP contribution is 2.29. The molecular formula is C9H10BrNO2. The van der Waals surface area contributed by atoms with E-state index in [2.05, 4.69) is 20.9 Å². The monoisotopic (exact) mass is 243 g/mol. The zero-order valence-electron chi connectivity index (χ0n) is 7.41. The molecule has 1 heterocycles. The number of nitrogens with zero attached hydrogens (tertiary/aromatic N) is 1. The van der Waals surface area contributed by atoms with Gasteiger partial charge in [0.15, 0.2) is 0 Å². The fourth-order valence-electron chi connectivity index (χ4n) is 0.997. The molecule has 0 aromatic carbocycles. The number of rotatable bonds is 2. The van der Waals surface area contributed by atoms with Gasteiger partial charge < -0.3 is 5.11 Å². The van der Waals surface area contributed by atoms with E-state index < -0.39 is 11.4 Å². The molecule has 0 aliphatic heterocycles. The number of pyridine rings is 1. The Morgan fingerprint density at radius 3 is 2.69 bits per heavy atom. The Kier molecular flexibility index (Phi) is 2.71. The SMILES string of the molecule is CC(C)(C(=O)O)c1ccncc1Br. The van der Waals surface area contributed by atoms with Crippen molar-refractivity contribution >= 4 is 21.9 Å². The summed E-state index contributed by atoms with van der Waals surface area (Å²) in [5, 5.41) is 8.98. The predicted octanol–water partition coefficient (Wildman–Crippen LogP) is 2.21. The summed E-state index contributed by atoms with van der Waals surface area (Å²) in [6.45, 7) is 3.32. The van der Waals surface area contributed by atoms with Crippen molar-refractivity contribution in [3.8, 4) is 0 Å². The molecule has 4 heteroatoms. The minimum Gasteiger partial charge on any atom is -0.481 e. The Bertz CT molecular complexity index is 336. The van der Waals surface area contributed by atoms with Crippen LogP contribution in [0.3, 0.4) is 0 Å². The number of carbonyl (C=O) groups is 1. The number of aliphatic carboxylic acids is 1. The van der Waals surface area contributed by atoms with E-state index in [0.29, 0.717) is 0 Å². The molecule has 1 aromatic rings. The van der Waals surface area contributed by atoms with Gasteiger partial charge in [-0.15, -0.1) is 0 Å². The third-order valence-corrected chi connectivity index (χ3v) is 2.61. The highest BCUT2D eigenvalue weighted by molar-refractivity contribution is 9.10. The first-order valence-electron chi connectivity index (χ1n) is 3.79. The molecular weight excluding hydrogens is 234 g/mol. The van der Waals surface area contributed by atoms with Gasteiger partial charge in [0, 0.05) is 16.9 Å². The summed E-state index contributed by atoms with van der Waals surface area (Å²) < 4.78 is 0.724. The van der Waals surface area contributed by atoms with Crippen molar-refractivity contribution < 1.29 is 9.90 Å². The number of carboxylic acid groups (broad SMARTS) is 1. The zero-order chi connectivity index (χ0) is 10.1. The molecule has 0 radical (unpaired) electrons. The van der Waals surface area contributed by atoms with Gasteiger partial charge in [-0.2, -0.15) is 0 Å². The molecule has 0 unspecified atom stereocenters. The largest absolute Gasteiger partial charge is 0.481 e. The van der Waals surface area contributed by atoms with E-state index in [4.69, 9.17) is 5.11 Å². The lowest BCUT2D eigenvalue weighted by molar-refractivity contribution is -0.142. The summed E-state index contributed by atoms with van der Waals surface area (Å²) in [5.41, 5.74) is -0.156. The molecule has 0 bridgehead atoms. The van der Waals surface area contributed by atoms with Gasteiger partial charge in [0.05, 0.1) is 5.41 Å². The van der Waals surface area contributed by atoms with E-state index in [-0.39, 0.29) is 0 Å². The number of hydrogen-bond acceptors (Lipinski definition) is 2. The van der Waals surface area contributed by atoms with Crippen LogP contribution in [-0.4, -0.2) is 16.1 Å². The summed E-state index contributed by atoms with van der Waals surface area (Å²) >= 11 is 3.27. The Morgan fingerprint density at radius 1 is 1.62 bits per heavy atom. The Labute approximate surface area is 84.9 Å². The average molecular weight is 244 g/mol. The van der Waals surface area contributed by atoms with Crippen LogP contribution in [-0.2, 0) is 10.2 Å². The Morgan fingerprint density at radius 2 is 2.23 bits per heavy atom. The van der Waals surface area contributed by atoms with E-state index in [1.54, 1.807) is 32.3 Å². The molecule has 1 rings (SSSR count). The maximum absolute atomic E-state index is 10.9. The van der Waals surface area contributed by atoms with E-state index >= 15 is 0 Å². The van der Waals surface area contributed by atoms with E-state index in [9.17, 15) is 4.79 Å². The fourth-order valence-corrected chi connectivity index (χ4v) is 1.74. The summed E-state index contributed by atoms with van der Waals surface area (Å²) in [4.78, 5) is 14.8.